The van der Waals surface area contributed by atoms with E-state index in [9.17, 15) is 0 Å². The molecule has 0 fully saturated rings. The monoisotopic (exact) mass is 274 g/mol. The van der Waals surface area contributed by atoms with Gasteiger partial charge in [0.15, 0.2) is 11.5 Å². The van der Waals surface area contributed by atoms with Gasteiger partial charge in [-0.05, 0) is 31.9 Å². The zero-order valence-electron chi connectivity index (χ0n) is 12.8. The van der Waals surface area contributed by atoms with E-state index in [2.05, 4.69) is 26.1 Å². The summed E-state index contributed by atoms with van der Waals surface area (Å²) >= 11 is 0. The van der Waals surface area contributed by atoms with E-state index in [0.717, 1.165) is 41.0 Å². The lowest BCUT2D eigenvalue weighted by Crippen LogP contribution is -2.05. The Labute approximate surface area is 120 Å². The summed E-state index contributed by atoms with van der Waals surface area (Å²) in [6, 6.07) is 3.93. The van der Waals surface area contributed by atoms with Crippen molar-refractivity contribution in [3.05, 3.63) is 23.4 Å². The lowest BCUT2D eigenvalue weighted by atomic mass is 10.0. The van der Waals surface area contributed by atoms with E-state index in [1.54, 1.807) is 14.2 Å². The van der Waals surface area contributed by atoms with Gasteiger partial charge in [0.25, 0.3) is 0 Å². The highest BCUT2D eigenvalue weighted by atomic mass is 16.5. The number of hydrogen-bond acceptors (Lipinski definition) is 4. The number of pyridine rings is 1. The number of fused-ring (bicyclic) bond motifs is 1. The third-order valence-electron chi connectivity index (χ3n) is 3.52. The van der Waals surface area contributed by atoms with Crippen LogP contribution in [0, 0.1) is 6.92 Å². The summed E-state index contributed by atoms with van der Waals surface area (Å²) in [5.41, 5.74) is 4.38. The summed E-state index contributed by atoms with van der Waals surface area (Å²) in [5, 5.41) is 4.51. The third-order valence-corrected chi connectivity index (χ3v) is 3.52. The molecule has 2 aromatic rings. The molecule has 0 aliphatic rings. The Morgan fingerprint density at radius 3 is 2.30 bits per heavy atom. The first-order valence-electron chi connectivity index (χ1n) is 6.95. The predicted octanol–water partition coefficient (Wildman–Crippen LogP) is 3.55. The number of aryl methyl sites for hydroxylation is 1. The van der Waals surface area contributed by atoms with Gasteiger partial charge in [-0.15, -0.1) is 0 Å². The molecular weight excluding hydrogens is 252 g/mol. The number of rotatable bonds is 5. The van der Waals surface area contributed by atoms with Gasteiger partial charge in [0.1, 0.15) is 0 Å². The molecule has 0 amide bonds. The number of anilines is 1. The fraction of sp³-hybridized carbons (Fsp3) is 0.438. The molecule has 2 rings (SSSR count). The Kier molecular flexibility index (Phi) is 4.32. The number of ether oxygens (including phenoxy) is 2. The molecule has 1 N–H and O–H groups in total. The van der Waals surface area contributed by atoms with Gasteiger partial charge in [0, 0.05) is 29.4 Å². The second-order valence-corrected chi connectivity index (χ2v) is 4.67. The van der Waals surface area contributed by atoms with Crippen LogP contribution in [0.5, 0.6) is 11.5 Å². The average Bonchev–Trinajstić information content (AvgIpc) is 2.48. The van der Waals surface area contributed by atoms with Crippen LogP contribution in [0.25, 0.3) is 10.9 Å². The maximum absolute atomic E-state index is 5.39. The van der Waals surface area contributed by atoms with E-state index in [1.807, 2.05) is 12.1 Å². The van der Waals surface area contributed by atoms with Gasteiger partial charge in [-0.3, -0.25) is 4.98 Å². The molecule has 108 valence electrons. The highest BCUT2D eigenvalue weighted by Gasteiger charge is 2.14. The molecule has 0 saturated carbocycles. The van der Waals surface area contributed by atoms with Crippen LogP contribution < -0.4 is 14.8 Å². The van der Waals surface area contributed by atoms with Crippen molar-refractivity contribution in [2.75, 3.05) is 26.1 Å². The summed E-state index contributed by atoms with van der Waals surface area (Å²) in [5.74, 6) is 1.44. The van der Waals surface area contributed by atoms with Gasteiger partial charge in [-0.1, -0.05) is 6.92 Å². The molecule has 0 bridgehead atoms. The Morgan fingerprint density at radius 2 is 1.75 bits per heavy atom. The van der Waals surface area contributed by atoms with Crippen LogP contribution in [0.4, 0.5) is 5.69 Å². The molecule has 0 saturated heterocycles. The molecule has 1 aromatic carbocycles. The molecule has 4 nitrogen and oxygen atoms in total. The maximum Gasteiger partial charge on any atom is 0.162 e. The normalized spacial score (nSPS) is 10.7. The summed E-state index contributed by atoms with van der Waals surface area (Å²) < 4.78 is 10.8. The van der Waals surface area contributed by atoms with E-state index < -0.39 is 0 Å². The minimum Gasteiger partial charge on any atom is -0.493 e. The number of nitrogens with zero attached hydrogens (tertiary/aromatic N) is 1. The van der Waals surface area contributed by atoms with E-state index in [0.29, 0.717) is 5.75 Å². The van der Waals surface area contributed by atoms with Crippen LogP contribution in [-0.4, -0.2) is 25.7 Å². The molecule has 1 aromatic heterocycles. The number of aromatic nitrogens is 1. The summed E-state index contributed by atoms with van der Waals surface area (Å²) in [7, 11) is 3.29. The third kappa shape index (κ3) is 2.38. The Balaban J connectivity index is 2.79. The number of hydrogen-bond donors (Lipinski definition) is 1. The van der Waals surface area contributed by atoms with Crippen molar-refractivity contribution in [1.82, 2.24) is 4.98 Å². The molecular formula is C16H22N2O2. The molecule has 0 radical (unpaired) electrons. The minimum atomic E-state index is 0.709. The first kappa shape index (κ1) is 14.4. The predicted molar refractivity (Wildman–Crippen MR) is 83.1 cm³/mol. The van der Waals surface area contributed by atoms with E-state index in [-0.39, 0.29) is 0 Å². The average molecular weight is 274 g/mol. The fourth-order valence-corrected chi connectivity index (χ4v) is 2.49. The van der Waals surface area contributed by atoms with Gasteiger partial charge in [-0.2, -0.15) is 0 Å². The topological polar surface area (TPSA) is 43.4 Å². The quantitative estimate of drug-likeness (QED) is 0.905. The molecule has 0 atom stereocenters. The van der Waals surface area contributed by atoms with Gasteiger partial charge in [0.05, 0.1) is 19.7 Å². The molecule has 1 heterocycles. The van der Waals surface area contributed by atoms with Crippen LogP contribution in [0.1, 0.15) is 25.1 Å². The first-order valence-corrected chi connectivity index (χ1v) is 6.95. The molecule has 20 heavy (non-hydrogen) atoms. The largest absolute Gasteiger partial charge is 0.493 e. The summed E-state index contributed by atoms with van der Waals surface area (Å²) in [6.45, 7) is 7.20. The highest BCUT2D eigenvalue weighted by Crippen LogP contribution is 2.36. The summed E-state index contributed by atoms with van der Waals surface area (Å²) in [4.78, 5) is 4.74. The van der Waals surface area contributed by atoms with E-state index in [4.69, 9.17) is 14.5 Å². The Morgan fingerprint density at radius 1 is 1.10 bits per heavy atom. The zero-order chi connectivity index (χ0) is 14.7. The molecule has 4 heteroatoms. The molecule has 0 aliphatic heterocycles. The second-order valence-electron chi connectivity index (χ2n) is 4.67. The first-order chi connectivity index (χ1) is 9.65. The minimum absolute atomic E-state index is 0.709. The molecule has 0 spiro atoms. The second kappa shape index (κ2) is 5.99. The molecule has 0 unspecified atom stereocenters. The lowest BCUT2D eigenvalue weighted by molar-refractivity contribution is 0.356. The van der Waals surface area contributed by atoms with Crippen LogP contribution in [0.15, 0.2) is 12.1 Å². The van der Waals surface area contributed by atoms with Crippen molar-refractivity contribution in [2.24, 2.45) is 0 Å². The SMILES string of the molecule is CCNc1c(C)c(CC)nc2cc(OC)c(OC)cc12. The lowest BCUT2D eigenvalue weighted by Gasteiger charge is -2.16. The van der Waals surface area contributed by atoms with Gasteiger partial charge in [0.2, 0.25) is 0 Å². The van der Waals surface area contributed by atoms with Crippen molar-refractivity contribution in [3.8, 4) is 11.5 Å². The van der Waals surface area contributed by atoms with Crippen molar-refractivity contribution in [3.63, 3.8) is 0 Å². The van der Waals surface area contributed by atoms with Crippen LogP contribution in [0.3, 0.4) is 0 Å². The summed E-state index contributed by atoms with van der Waals surface area (Å²) in [6.07, 6.45) is 0.911. The van der Waals surface area contributed by atoms with Gasteiger partial charge >= 0.3 is 0 Å². The number of benzene rings is 1. The van der Waals surface area contributed by atoms with Crippen LogP contribution >= 0.6 is 0 Å². The zero-order valence-corrected chi connectivity index (χ0v) is 12.8. The number of methoxy groups -OCH3 is 2. The van der Waals surface area contributed by atoms with Crippen LogP contribution in [-0.2, 0) is 6.42 Å². The Bertz CT molecular complexity index is 624. The van der Waals surface area contributed by atoms with Gasteiger partial charge in [-0.25, -0.2) is 0 Å². The smallest absolute Gasteiger partial charge is 0.162 e. The van der Waals surface area contributed by atoms with Crippen molar-refractivity contribution < 1.29 is 9.47 Å². The maximum atomic E-state index is 5.39. The Hall–Kier alpha value is -1.97. The van der Waals surface area contributed by atoms with E-state index >= 15 is 0 Å². The van der Waals surface area contributed by atoms with Gasteiger partial charge < -0.3 is 14.8 Å². The highest BCUT2D eigenvalue weighted by molar-refractivity contribution is 5.95. The van der Waals surface area contributed by atoms with Crippen molar-refractivity contribution >= 4 is 16.6 Å². The fourth-order valence-electron chi connectivity index (χ4n) is 2.49. The van der Waals surface area contributed by atoms with Crippen LogP contribution in [0.2, 0.25) is 0 Å². The van der Waals surface area contributed by atoms with Crippen molar-refractivity contribution in [1.29, 1.82) is 0 Å². The van der Waals surface area contributed by atoms with E-state index in [1.165, 1.54) is 5.56 Å². The number of nitrogens with one attached hydrogen (secondary N) is 1. The van der Waals surface area contributed by atoms with Crippen molar-refractivity contribution in [2.45, 2.75) is 27.2 Å². The standard InChI is InChI=1S/C16H22N2O2/c1-6-12-10(3)16(17-7-2)11-8-14(19-4)15(20-5)9-13(11)18-12/h8-9H,6-7H2,1-5H3,(H,17,18). The molecule has 0 aliphatic carbocycles.